The average molecular weight is 219 g/mol. The molecule has 0 fully saturated rings. The van der Waals surface area contributed by atoms with Gasteiger partial charge in [0.15, 0.2) is 6.10 Å². The standard InChI is InChI=1S/C16H11O/c17-15-9-11-8-10-4-1-2-5-12(10)13-6-3-7-14(15)16(11)13/h1-9,15,17H/q+1. The normalized spacial score (nSPS) is 17.6. The first-order valence-corrected chi connectivity index (χ1v) is 5.82. The number of hydrogen-bond donors (Lipinski definition) is 1. The Morgan fingerprint density at radius 2 is 1.76 bits per heavy atom. The summed E-state index contributed by atoms with van der Waals surface area (Å²) < 4.78 is 0. The van der Waals surface area contributed by atoms with Gasteiger partial charge in [-0.25, -0.2) is 0 Å². The minimum atomic E-state index is -0.453. The van der Waals surface area contributed by atoms with Crippen molar-refractivity contribution in [3.05, 3.63) is 66.1 Å². The Labute approximate surface area is 99.3 Å². The predicted octanol–water partition coefficient (Wildman–Crippen LogP) is 3.59. The summed E-state index contributed by atoms with van der Waals surface area (Å²) in [5.41, 5.74) is 2.19. The number of benzene rings is 3. The lowest BCUT2D eigenvalue weighted by Crippen LogP contribution is -1.89. The van der Waals surface area contributed by atoms with Crippen LogP contribution in [0.4, 0.5) is 0 Å². The Kier molecular flexibility index (Phi) is 1.61. The molecule has 0 aromatic heterocycles. The smallest absolute Gasteiger partial charge is 0.156 e. The van der Waals surface area contributed by atoms with Crippen molar-refractivity contribution in [3.8, 4) is 0 Å². The molecule has 1 atom stereocenters. The van der Waals surface area contributed by atoms with Crippen LogP contribution in [0.25, 0.3) is 21.5 Å². The van der Waals surface area contributed by atoms with Crippen LogP contribution in [0.1, 0.15) is 17.2 Å². The van der Waals surface area contributed by atoms with Crippen molar-refractivity contribution < 1.29 is 5.11 Å². The van der Waals surface area contributed by atoms with Crippen LogP contribution >= 0.6 is 0 Å². The third kappa shape index (κ3) is 1.09. The summed E-state index contributed by atoms with van der Waals surface area (Å²) in [5.74, 6) is 0. The van der Waals surface area contributed by atoms with Crippen molar-refractivity contribution in [2.45, 2.75) is 6.10 Å². The molecule has 80 valence electrons. The highest BCUT2D eigenvalue weighted by Crippen LogP contribution is 2.41. The van der Waals surface area contributed by atoms with E-state index >= 15 is 0 Å². The molecule has 4 rings (SSSR count). The SMILES string of the molecule is OC1[CH+]c2cc3ccccc3c3cccc1c23. The highest BCUT2D eigenvalue weighted by atomic mass is 16.3. The van der Waals surface area contributed by atoms with Crippen LogP contribution in [-0.4, -0.2) is 5.11 Å². The molecule has 1 nitrogen and oxygen atoms in total. The van der Waals surface area contributed by atoms with Crippen molar-refractivity contribution in [1.29, 1.82) is 0 Å². The summed E-state index contributed by atoms with van der Waals surface area (Å²) in [5, 5.41) is 15.0. The first-order valence-electron chi connectivity index (χ1n) is 5.82. The molecule has 1 heteroatoms. The van der Waals surface area contributed by atoms with E-state index in [1.807, 2.05) is 18.6 Å². The summed E-state index contributed by atoms with van der Waals surface area (Å²) in [6, 6.07) is 16.7. The molecule has 17 heavy (non-hydrogen) atoms. The molecule has 0 amide bonds. The van der Waals surface area contributed by atoms with Crippen LogP contribution in [-0.2, 0) is 0 Å². The molecule has 0 saturated heterocycles. The highest BCUT2D eigenvalue weighted by Gasteiger charge is 2.31. The van der Waals surface area contributed by atoms with Gasteiger partial charge in [0, 0.05) is 16.2 Å². The monoisotopic (exact) mass is 219 g/mol. The van der Waals surface area contributed by atoms with Gasteiger partial charge in [0.1, 0.15) is 5.56 Å². The van der Waals surface area contributed by atoms with Gasteiger partial charge in [0.2, 0.25) is 0 Å². The van der Waals surface area contributed by atoms with Gasteiger partial charge in [0.05, 0.1) is 23.4 Å². The van der Waals surface area contributed by atoms with Gasteiger partial charge in [-0.2, -0.15) is 0 Å². The van der Waals surface area contributed by atoms with E-state index < -0.39 is 6.10 Å². The van der Waals surface area contributed by atoms with Gasteiger partial charge >= 0.3 is 0 Å². The fraction of sp³-hybridized carbons (Fsp3) is 0.0625. The zero-order chi connectivity index (χ0) is 11.4. The van der Waals surface area contributed by atoms with Crippen LogP contribution < -0.4 is 0 Å². The number of aliphatic hydroxyl groups is 1. The molecule has 1 unspecified atom stereocenters. The first kappa shape index (κ1) is 9.08. The summed E-state index contributed by atoms with van der Waals surface area (Å²) in [6.45, 7) is 0. The second kappa shape index (κ2) is 3.02. The van der Waals surface area contributed by atoms with E-state index in [9.17, 15) is 5.11 Å². The third-order valence-corrected chi connectivity index (χ3v) is 3.60. The number of rotatable bonds is 0. The molecule has 0 saturated carbocycles. The second-order valence-corrected chi connectivity index (χ2v) is 4.57. The summed E-state index contributed by atoms with van der Waals surface area (Å²) in [7, 11) is 0. The van der Waals surface area contributed by atoms with E-state index in [1.54, 1.807) is 0 Å². The number of aliphatic hydroxyl groups excluding tert-OH is 1. The minimum absolute atomic E-state index is 0.453. The number of hydrogen-bond acceptors (Lipinski definition) is 1. The largest absolute Gasteiger partial charge is 0.371 e. The second-order valence-electron chi connectivity index (χ2n) is 4.57. The molecule has 3 aromatic carbocycles. The quantitative estimate of drug-likeness (QED) is 0.452. The highest BCUT2D eigenvalue weighted by molar-refractivity contribution is 6.11. The van der Waals surface area contributed by atoms with E-state index in [-0.39, 0.29) is 0 Å². The van der Waals surface area contributed by atoms with E-state index in [2.05, 4.69) is 36.4 Å². The topological polar surface area (TPSA) is 20.2 Å². The van der Waals surface area contributed by atoms with Gasteiger partial charge in [-0.05, 0) is 18.2 Å². The Morgan fingerprint density at radius 3 is 2.71 bits per heavy atom. The lowest BCUT2D eigenvalue weighted by Gasteiger charge is -2.00. The van der Waals surface area contributed by atoms with Gasteiger partial charge in [-0.1, -0.05) is 24.3 Å². The van der Waals surface area contributed by atoms with Crippen molar-refractivity contribution in [3.63, 3.8) is 0 Å². The minimum Gasteiger partial charge on any atom is -0.371 e. The third-order valence-electron chi connectivity index (χ3n) is 3.60. The van der Waals surface area contributed by atoms with Crippen molar-refractivity contribution >= 4 is 21.5 Å². The molecule has 0 bridgehead atoms. The lowest BCUT2D eigenvalue weighted by molar-refractivity contribution is 0.221. The Hall–Kier alpha value is -1.99. The van der Waals surface area contributed by atoms with E-state index in [4.69, 9.17) is 0 Å². The van der Waals surface area contributed by atoms with E-state index in [1.165, 1.54) is 21.5 Å². The predicted molar refractivity (Wildman–Crippen MR) is 69.8 cm³/mol. The molecule has 1 N–H and O–H groups in total. The van der Waals surface area contributed by atoms with Crippen molar-refractivity contribution in [2.75, 3.05) is 0 Å². The molecule has 0 aliphatic heterocycles. The van der Waals surface area contributed by atoms with Gasteiger partial charge in [0.25, 0.3) is 0 Å². The van der Waals surface area contributed by atoms with Crippen LogP contribution in [0.5, 0.6) is 0 Å². The summed E-state index contributed by atoms with van der Waals surface area (Å²) in [4.78, 5) is 0. The molecule has 1 aliphatic carbocycles. The Bertz CT molecular complexity index is 743. The molecule has 0 radical (unpaired) electrons. The lowest BCUT2D eigenvalue weighted by atomic mass is 9.98. The first-order chi connectivity index (χ1) is 8.34. The average Bonchev–Trinajstić information content (AvgIpc) is 2.68. The maximum atomic E-state index is 10.0. The molecule has 0 heterocycles. The molecular formula is C16H11O+. The van der Waals surface area contributed by atoms with Crippen molar-refractivity contribution in [1.82, 2.24) is 0 Å². The zero-order valence-electron chi connectivity index (χ0n) is 9.22. The molecular weight excluding hydrogens is 208 g/mol. The Morgan fingerprint density at radius 1 is 0.941 bits per heavy atom. The Balaban J connectivity index is 2.31. The molecule has 3 aromatic rings. The van der Waals surface area contributed by atoms with Crippen molar-refractivity contribution in [2.24, 2.45) is 0 Å². The van der Waals surface area contributed by atoms with Crippen LogP contribution in [0, 0.1) is 6.42 Å². The van der Waals surface area contributed by atoms with E-state index in [0.29, 0.717) is 0 Å². The summed E-state index contributed by atoms with van der Waals surface area (Å²) in [6.07, 6.45) is 1.48. The van der Waals surface area contributed by atoms with E-state index in [0.717, 1.165) is 11.1 Å². The van der Waals surface area contributed by atoms with Crippen LogP contribution in [0.2, 0.25) is 0 Å². The van der Waals surface area contributed by atoms with Crippen LogP contribution in [0.15, 0.2) is 48.5 Å². The maximum Gasteiger partial charge on any atom is 0.156 e. The number of fused-ring (bicyclic) bond motifs is 2. The zero-order valence-corrected chi connectivity index (χ0v) is 9.22. The fourth-order valence-corrected chi connectivity index (χ4v) is 2.86. The van der Waals surface area contributed by atoms with Crippen LogP contribution in [0.3, 0.4) is 0 Å². The molecule has 0 spiro atoms. The van der Waals surface area contributed by atoms with Gasteiger partial charge in [-0.3, -0.25) is 0 Å². The fourth-order valence-electron chi connectivity index (χ4n) is 2.86. The molecule has 1 aliphatic rings. The maximum absolute atomic E-state index is 10.0. The van der Waals surface area contributed by atoms with Gasteiger partial charge < -0.3 is 5.11 Å². The summed E-state index contributed by atoms with van der Waals surface area (Å²) >= 11 is 0. The van der Waals surface area contributed by atoms with Gasteiger partial charge in [-0.15, -0.1) is 0 Å².